The SMILES string of the molecule is Cc1noc2ccc(C(C)C)c(F)c12. The van der Waals surface area contributed by atoms with E-state index < -0.39 is 0 Å². The van der Waals surface area contributed by atoms with Crippen molar-refractivity contribution in [1.82, 2.24) is 5.16 Å². The summed E-state index contributed by atoms with van der Waals surface area (Å²) in [5.74, 6) is -0.0232. The molecule has 0 radical (unpaired) electrons. The summed E-state index contributed by atoms with van der Waals surface area (Å²) in [7, 11) is 0. The highest BCUT2D eigenvalue weighted by Gasteiger charge is 2.15. The average Bonchev–Trinajstić information content (AvgIpc) is 2.48. The minimum absolute atomic E-state index is 0.175. The maximum atomic E-state index is 13.9. The molecule has 0 spiro atoms. The van der Waals surface area contributed by atoms with Crippen LogP contribution in [0.4, 0.5) is 4.39 Å². The molecule has 1 heterocycles. The van der Waals surface area contributed by atoms with Crippen molar-refractivity contribution in [3.8, 4) is 0 Å². The van der Waals surface area contributed by atoms with E-state index in [1.54, 1.807) is 19.1 Å². The van der Waals surface area contributed by atoms with Crippen LogP contribution in [-0.4, -0.2) is 5.16 Å². The molecule has 74 valence electrons. The van der Waals surface area contributed by atoms with E-state index in [4.69, 9.17) is 4.52 Å². The molecule has 0 saturated carbocycles. The first kappa shape index (κ1) is 9.19. The van der Waals surface area contributed by atoms with Gasteiger partial charge < -0.3 is 4.52 Å². The lowest BCUT2D eigenvalue weighted by molar-refractivity contribution is 0.450. The standard InChI is InChI=1S/C11H12FNO/c1-6(2)8-4-5-9-10(11(8)12)7(3)13-14-9/h4-6H,1-3H3. The van der Waals surface area contributed by atoms with E-state index >= 15 is 0 Å². The molecule has 0 N–H and O–H groups in total. The third-order valence-electron chi connectivity index (χ3n) is 2.40. The molecule has 0 fully saturated rings. The summed E-state index contributed by atoms with van der Waals surface area (Å²) < 4.78 is 18.9. The van der Waals surface area contributed by atoms with Gasteiger partial charge in [0.1, 0.15) is 5.82 Å². The van der Waals surface area contributed by atoms with Crippen molar-refractivity contribution >= 4 is 11.0 Å². The number of aryl methyl sites for hydroxylation is 1. The molecule has 0 saturated heterocycles. The molecule has 0 unspecified atom stereocenters. The minimum Gasteiger partial charge on any atom is -0.356 e. The quantitative estimate of drug-likeness (QED) is 0.693. The fraction of sp³-hybridized carbons (Fsp3) is 0.364. The first-order chi connectivity index (χ1) is 6.61. The Morgan fingerprint density at radius 2 is 2.07 bits per heavy atom. The van der Waals surface area contributed by atoms with Gasteiger partial charge in [0.2, 0.25) is 0 Å². The molecule has 0 aliphatic carbocycles. The van der Waals surface area contributed by atoms with Crippen LogP contribution in [0.1, 0.15) is 31.0 Å². The first-order valence-electron chi connectivity index (χ1n) is 4.65. The van der Waals surface area contributed by atoms with E-state index in [1.807, 2.05) is 13.8 Å². The fourth-order valence-electron chi connectivity index (χ4n) is 1.60. The van der Waals surface area contributed by atoms with Crippen molar-refractivity contribution in [1.29, 1.82) is 0 Å². The Labute approximate surface area is 81.7 Å². The summed E-state index contributed by atoms with van der Waals surface area (Å²) >= 11 is 0. The van der Waals surface area contributed by atoms with Gasteiger partial charge in [-0.2, -0.15) is 0 Å². The van der Waals surface area contributed by atoms with Gasteiger partial charge in [-0.25, -0.2) is 4.39 Å². The van der Waals surface area contributed by atoms with Crippen molar-refractivity contribution in [2.24, 2.45) is 0 Å². The highest BCUT2D eigenvalue weighted by Crippen LogP contribution is 2.27. The third-order valence-corrected chi connectivity index (χ3v) is 2.40. The summed E-state index contributed by atoms with van der Waals surface area (Å²) in [6.45, 7) is 5.68. The van der Waals surface area contributed by atoms with Crippen LogP contribution in [-0.2, 0) is 0 Å². The van der Waals surface area contributed by atoms with Gasteiger partial charge in [-0.05, 0) is 24.5 Å². The number of hydrogen-bond donors (Lipinski definition) is 0. The second-order valence-corrected chi connectivity index (χ2v) is 3.76. The summed E-state index contributed by atoms with van der Waals surface area (Å²) in [6, 6.07) is 3.53. The Balaban J connectivity index is 2.79. The molecule has 1 aromatic carbocycles. The Kier molecular flexibility index (Phi) is 2.02. The molecule has 1 aromatic heterocycles. The predicted molar refractivity (Wildman–Crippen MR) is 52.8 cm³/mol. The second kappa shape index (κ2) is 3.08. The van der Waals surface area contributed by atoms with E-state index in [-0.39, 0.29) is 11.7 Å². The Hall–Kier alpha value is -1.38. The molecule has 2 aromatic rings. The number of rotatable bonds is 1. The van der Waals surface area contributed by atoms with Gasteiger partial charge in [-0.3, -0.25) is 0 Å². The average molecular weight is 193 g/mol. The van der Waals surface area contributed by atoms with Crippen LogP contribution in [0.15, 0.2) is 16.7 Å². The molecule has 3 heteroatoms. The molecule has 2 rings (SSSR count). The second-order valence-electron chi connectivity index (χ2n) is 3.76. The molecule has 0 atom stereocenters. The Bertz CT molecular complexity index is 473. The molecular formula is C11H12FNO. The Morgan fingerprint density at radius 3 is 2.71 bits per heavy atom. The van der Waals surface area contributed by atoms with Gasteiger partial charge in [-0.1, -0.05) is 25.1 Å². The van der Waals surface area contributed by atoms with Crippen molar-refractivity contribution in [3.63, 3.8) is 0 Å². The Morgan fingerprint density at radius 1 is 1.36 bits per heavy atom. The maximum absolute atomic E-state index is 13.9. The van der Waals surface area contributed by atoms with Crippen molar-refractivity contribution in [3.05, 3.63) is 29.2 Å². The molecule has 14 heavy (non-hydrogen) atoms. The lowest BCUT2D eigenvalue weighted by atomic mass is 10.0. The topological polar surface area (TPSA) is 26.0 Å². The summed E-state index contributed by atoms with van der Waals surface area (Å²) in [6.07, 6.45) is 0. The minimum atomic E-state index is -0.198. The molecule has 0 amide bonds. The molecular weight excluding hydrogens is 181 g/mol. The zero-order valence-corrected chi connectivity index (χ0v) is 8.47. The van der Waals surface area contributed by atoms with Crippen LogP contribution in [0.3, 0.4) is 0 Å². The van der Waals surface area contributed by atoms with Gasteiger partial charge >= 0.3 is 0 Å². The lowest BCUT2D eigenvalue weighted by Gasteiger charge is -2.06. The maximum Gasteiger partial charge on any atom is 0.170 e. The number of halogens is 1. The van der Waals surface area contributed by atoms with Crippen molar-refractivity contribution in [2.45, 2.75) is 26.7 Å². The third kappa shape index (κ3) is 1.20. The van der Waals surface area contributed by atoms with E-state index in [1.165, 1.54) is 0 Å². The van der Waals surface area contributed by atoms with Crippen molar-refractivity contribution < 1.29 is 8.91 Å². The molecule has 0 aliphatic heterocycles. The van der Waals surface area contributed by atoms with Crippen LogP contribution in [0.5, 0.6) is 0 Å². The van der Waals surface area contributed by atoms with E-state index in [0.29, 0.717) is 22.2 Å². The van der Waals surface area contributed by atoms with Crippen LogP contribution < -0.4 is 0 Å². The fourth-order valence-corrected chi connectivity index (χ4v) is 1.60. The normalized spacial score (nSPS) is 11.5. The van der Waals surface area contributed by atoms with Crippen LogP contribution in [0, 0.1) is 12.7 Å². The number of benzene rings is 1. The predicted octanol–water partition coefficient (Wildman–Crippen LogP) is 3.40. The molecule has 0 aliphatic rings. The summed E-state index contributed by atoms with van der Waals surface area (Å²) in [5, 5.41) is 4.25. The van der Waals surface area contributed by atoms with Gasteiger partial charge in [-0.15, -0.1) is 0 Å². The van der Waals surface area contributed by atoms with Gasteiger partial charge in [0.25, 0.3) is 0 Å². The smallest absolute Gasteiger partial charge is 0.170 e. The zero-order valence-electron chi connectivity index (χ0n) is 8.47. The van der Waals surface area contributed by atoms with Crippen LogP contribution in [0.25, 0.3) is 11.0 Å². The van der Waals surface area contributed by atoms with Crippen LogP contribution in [0.2, 0.25) is 0 Å². The molecule has 2 nitrogen and oxygen atoms in total. The van der Waals surface area contributed by atoms with Gasteiger partial charge in [0.15, 0.2) is 5.58 Å². The summed E-state index contributed by atoms with van der Waals surface area (Å²) in [4.78, 5) is 0. The van der Waals surface area contributed by atoms with E-state index in [2.05, 4.69) is 5.16 Å². The monoisotopic (exact) mass is 193 g/mol. The zero-order chi connectivity index (χ0) is 10.3. The largest absolute Gasteiger partial charge is 0.356 e. The highest BCUT2D eigenvalue weighted by atomic mass is 19.1. The van der Waals surface area contributed by atoms with Crippen molar-refractivity contribution in [2.75, 3.05) is 0 Å². The van der Waals surface area contributed by atoms with E-state index in [9.17, 15) is 4.39 Å². The summed E-state index contributed by atoms with van der Waals surface area (Å²) in [5.41, 5.74) is 1.84. The van der Waals surface area contributed by atoms with E-state index in [0.717, 1.165) is 0 Å². The number of hydrogen-bond acceptors (Lipinski definition) is 2. The number of nitrogens with zero attached hydrogens (tertiary/aromatic N) is 1. The van der Waals surface area contributed by atoms with Gasteiger partial charge in [0.05, 0.1) is 11.1 Å². The molecule has 0 bridgehead atoms. The lowest BCUT2D eigenvalue weighted by Crippen LogP contribution is -1.93. The van der Waals surface area contributed by atoms with Crippen LogP contribution >= 0.6 is 0 Å². The number of fused-ring (bicyclic) bond motifs is 1. The highest BCUT2D eigenvalue weighted by molar-refractivity contribution is 5.80. The van der Waals surface area contributed by atoms with Gasteiger partial charge in [0, 0.05) is 0 Å². The number of aromatic nitrogens is 1. The first-order valence-corrected chi connectivity index (χ1v) is 4.65.